The van der Waals surface area contributed by atoms with Crippen LogP contribution in [0, 0.1) is 6.92 Å². The fourth-order valence-electron chi connectivity index (χ4n) is 3.46. The Kier molecular flexibility index (Phi) is 2.13. The molecule has 1 saturated carbocycles. The largest absolute Gasteiger partial charge is 0.376 e. The summed E-state index contributed by atoms with van der Waals surface area (Å²) in [7, 11) is 2.23. The Hall–Kier alpha value is -1.18. The van der Waals surface area contributed by atoms with Crippen molar-refractivity contribution >= 4 is 11.4 Å². The van der Waals surface area contributed by atoms with Gasteiger partial charge in [-0.3, -0.25) is 0 Å². The van der Waals surface area contributed by atoms with E-state index in [0.29, 0.717) is 5.54 Å². The first-order valence-electron chi connectivity index (χ1n) is 6.29. The minimum absolute atomic E-state index is 0.357. The summed E-state index contributed by atoms with van der Waals surface area (Å²) in [5, 5.41) is 3.80. The molecule has 0 atom stereocenters. The molecule has 1 heterocycles. The number of benzene rings is 1. The maximum Gasteiger partial charge on any atom is 0.0630 e. The lowest BCUT2D eigenvalue weighted by Gasteiger charge is -2.43. The summed E-state index contributed by atoms with van der Waals surface area (Å²) < 4.78 is 0. The fourth-order valence-corrected chi connectivity index (χ4v) is 3.46. The van der Waals surface area contributed by atoms with E-state index in [1.807, 2.05) is 0 Å². The standard InChI is InChI=1S/C14H20N2/c1-11-6-5-7-12-13(11)16(2)10-14(15-12)8-3-4-9-14/h5-7,15H,3-4,8-10H2,1-2H3. The van der Waals surface area contributed by atoms with Crippen LogP contribution in [0.15, 0.2) is 18.2 Å². The van der Waals surface area contributed by atoms with Crippen molar-refractivity contribution in [3.63, 3.8) is 0 Å². The average Bonchev–Trinajstić information content (AvgIpc) is 2.65. The van der Waals surface area contributed by atoms with Crippen molar-refractivity contribution < 1.29 is 0 Å². The molecule has 1 aliphatic carbocycles. The van der Waals surface area contributed by atoms with E-state index in [2.05, 4.69) is 42.4 Å². The molecule has 2 aliphatic rings. The Morgan fingerprint density at radius 1 is 1.25 bits per heavy atom. The van der Waals surface area contributed by atoms with E-state index in [1.54, 1.807) is 0 Å². The number of nitrogens with one attached hydrogen (secondary N) is 1. The zero-order chi connectivity index (χ0) is 11.2. The van der Waals surface area contributed by atoms with E-state index < -0.39 is 0 Å². The van der Waals surface area contributed by atoms with Crippen molar-refractivity contribution in [2.24, 2.45) is 0 Å². The van der Waals surface area contributed by atoms with Gasteiger partial charge >= 0.3 is 0 Å². The van der Waals surface area contributed by atoms with Crippen molar-refractivity contribution in [3.8, 4) is 0 Å². The molecule has 86 valence electrons. The Bertz CT molecular complexity index is 405. The second-order valence-electron chi connectivity index (χ2n) is 5.44. The van der Waals surface area contributed by atoms with Crippen molar-refractivity contribution in [2.75, 3.05) is 23.8 Å². The molecule has 1 fully saturated rings. The monoisotopic (exact) mass is 216 g/mol. The summed E-state index contributed by atoms with van der Waals surface area (Å²) in [5.74, 6) is 0. The highest BCUT2D eigenvalue weighted by atomic mass is 15.2. The molecule has 0 saturated heterocycles. The van der Waals surface area contributed by atoms with Crippen molar-refractivity contribution in [1.29, 1.82) is 0 Å². The molecule has 2 heteroatoms. The predicted octanol–water partition coefficient (Wildman–Crippen LogP) is 3.17. The predicted molar refractivity (Wildman–Crippen MR) is 69.3 cm³/mol. The van der Waals surface area contributed by atoms with Gasteiger partial charge in [-0.1, -0.05) is 25.0 Å². The van der Waals surface area contributed by atoms with E-state index in [0.717, 1.165) is 6.54 Å². The van der Waals surface area contributed by atoms with Crippen molar-refractivity contribution in [1.82, 2.24) is 0 Å². The molecule has 0 bridgehead atoms. The number of hydrogen-bond donors (Lipinski definition) is 1. The highest BCUT2D eigenvalue weighted by molar-refractivity contribution is 5.76. The zero-order valence-corrected chi connectivity index (χ0v) is 10.2. The topological polar surface area (TPSA) is 15.3 Å². The highest BCUT2D eigenvalue weighted by Crippen LogP contribution is 2.42. The van der Waals surface area contributed by atoms with Gasteiger partial charge in [0.05, 0.1) is 16.9 Å². The summed E-state index contributed by atoms with van der Waals surface area (Å²) in [4.78, 5) is 2.44. The van der Waals surface area contributed by atoms with Crippen LogP contribution in [0.2, 0.25) is 0 Å². The van der Waals surface area contributed by atoms with Crippen LogP contribution in [-0.2, 0) is 0 Å². The van der Waals surface area contributed by atoms with E-state index in [4.69, 9.17) is 0 Å². The molecule has 0 aromatic heterocycles. The number of rotatable bonds is 0. The van der Waals surface area contributed by atoms with Gasteiger partial charge in [-0.05, 0) is 31.4 Å². The molecule has 1 N–H and O–H groups in total. The molecule has 1 aromatic rings. The van der Waals surface area contributed by atoms with Crippen LogP contribution >= 0.6 is 0 Å². The second-order valence-corrected chi connectivity index (χ2v) is 5.44. The molecular weight excluding hydrogens is 196 g/mol. The molecule has 3 rings (SSSR count). The lowest BCUT2D eigenvalue weighted by Crippen LogP contribution is -2.49. The Balaban J connectivity index is 2.02. The Morgan fingerprint density at radius 2 is 2.00 bits per heavy atom. The molecule has 0 amide bonds. The highest BCUT2D eigenvalue weighted by Gasteiger charge is 2.38. The van der Waals surface area contributed by atoms with Crippen LogP contribution in [0.1, 0.15) is 31.2 Å². The van der Waals surface area contributed by atoms with Gasteiger partial charge in [0.25, 0.3) is 0 Å². The molecule has 2 nitrogen and oxygen atoms in total. The second kappa shape index (κ2) is 3.41. The van der Waals surface area contributed by atoms with Gasteiger partial charge in [0.2, 0.25) is 0 Å². The van der Waals surface area contributed by atoms with Crippen LogP contribution in [0.3, 0.4) is 0 Å². The SMILES string of the molecule is Cc1cccc2c1N(C)CC1(CCCC1)N2. The molecule has 0 radical (unpaired) electrons. The van der Waals surface area contributed by atoms with E-state index >= 15 is 0 Å². The number of hydrogen-bond acceptors (Lipinski definition) is 2. The van der Waals surface area contributed by atoms with E-state index in [1.165, 1.54) is 42.6 Å². The minimum Gasteiger partial charge on any atom is -0.376 e. The van der Waals surface area contributed by atoms with Gasteiger partial charge in [0, 0.05) is 13.6 Å². The first-order valence-corrected chi connectivity index (χ1v) is 6.29. The summed E-state index contributed by atoms with van der Waals surface area (Å²) in [6, 6.07) is 6.57. The summed E-state index contributed by atoms with van der Waals surface area (Å²) in [5.41, 5.74) is 4.45. The minimum atomic E-state index is 0.357. The van der Waals surface area contributed by atoms with Crippen molar-refractivity contribution in [2.45, 2.75) is 38.1 Å². The zero-order valence-electron chi connectivity index (χ0n) is 10.2. The van der Waals surface area contributed by atoms with E-state index in [-0.39, 0.29) is 0 Å². The molecular formula is C14H20N2. The molecule has 0 unspecified atom stereocenters. The molecule has 1 spiro atoms. The van der Waals surface area contributed by atoms with Gasteiger partial charge in [-0.25, -0.2) is 0 Å². The summed E-state index contributed by atoms with van der Waals surface area (Å²) in [6.07, 6.45) is 5.40. The summed E-state index contributed by atoms with van der Waals surface area (Å²) >= 11 is 0. The lowest BCUT2D eigenvalue weighted by molar-refractivity contribution is 0.472. The first-order chi connectivity index (χ1) is 7.70. The average molecular weight is 216 g/mol. The Morgan fingerprint density at radius 3 is 2.75 bits per heavy atom. The number of fused-ring (bicyclic) bond motifs is 1. The van der Waals surface area contributed by atoms with Gasteiger partial charge in [-0.2, -0.15) is 0 Å². The third-order valence-corrected chi connectivity index (χ3v) is 4.12. The van der Waals surface area contributed by atoms with Crippen LogP contribution in [0.5, 0.6) is 0 Å². The molecule has 16 heavy (non-hydrogen) atoms. The van der Waals surface area contributed by atoms with Crippen LogP contribution < -0.4 is 10.2 Å². The lowest BCUT2D eigenvalue weighted by atomic mass is 9.92. The molecule has 1 aromatic carbocycles. The maximum absolute atomic E-state index is 3.80. The quantitative estimate of drug-likeness (QED) is 0.716. The summed E-state index contributed by atoms with van der Waals surface area (Å²) in [6.45, 7) is 3.36. The van der Waals surface area contributed by atoms with Crippen LogP contribution in [0.25, 0.3) is 0 Å². The molecule has 1 aliphatic heterocycles. The van der Waals surface area contributed by atoms with Gasteiger partial charge in [0.15, 0.2) is 0 Å². The van der Waals surface area contributed by atoms with Crippen molar-refractivity contribution in [3.05, 3.63) is 23.8 Å². The third-order valence-electron chi connectivity index (χ3n) is 4.12. The van der Waals surface area contributed by atoms with Crippen LogP contribution in [-0.4, -0.2) is 19.1 Å². The third kappa shape index (κ3) is 1.40. The number of nitrogens with zero attached hydrogens (tertiary/aromatic N) is 1. The van der Waals surface area contributed by atoms with Gasteiger partial charge in [-0.15, -0.1) is 0 Å². The van der Waals surface area contributed by atoms with Gasteiger partial charge < -0.3 is 10.2 Å². The smallest absolute Gasteiger partial charge is 0.0630 e. The fraction of sp³-hybridized carbons (Fsp3) is 0.571. The number of aryl methyl sites for hydroxylation is 1. The number of likely N-dealkylation sites (N-methyl/N-ethyl adjacent to an activating group) is 1. The van der Waals surface area contributed by atoms with E-state index in [9.17, 15) is 0 Å². The van der Waals surface area contributed by atoms with Gasteiger partial charge in [0.1, 0.15) is 0 Å². The maximum atomic E-state index is 3.80. The number of anilines is 2. The Labute approximate surface area is 97.6 Å². The normalized spacial score (nSPS) is 22.0. The number of para-hydroxylation sites is 1. The van der Waals surface area contributed by atoms with Crippen LogP contribution in [0.4, 0.5) is 11.4 Å². The first kappa shape index (κ1) is 10.0.